The number of anilines is 2. The Balaban J connectivity index is 0.00000220. The van der Waals surface area contributed by atoms with Gasteiger partial charge in [-0.3, -0.25) is 9.69 Å². The smallest absolute Gasteiger partial charge is 0.321 e. The second-order valence-electron chi connectivity index (χ2n) is 4.73. The maximum atomic E-state index is 11.8. The Hall–Kier alpha value is -1.79. The van der Waals surface area contributed by atoms with Crippen molar-refractivity contribution in [3.8, 4) is 0 Å². The SMILES string of the molecule is Cl.NCCCC(=O)Nc1cccc(N2CCCNC2=O)c1. The summed E-state index contributed by atoms with van der Waals surface area (Å²) in [6.45, 7) is 1.91. The van der Waals surface area contributed by atoms with Crippen molar-refractivity contribution < 1.29 is 9.59 Å². The maximum absolute atomic E-state index is 11.8. The molecule has 7 heteroatoms. The number of carbonyl (C=O) groups is 2. The molecule has 1 aromatic rings. The second-order valence-corrected chi connectivity index (χ2v) is 4.73. The van der Waals surface area contributed by atoms with Crippen LogP contribution in [0.25, 0.3) is 0 Å². The summed E-state index contributed by atoms with van der Waals surface area (Å²) in [5.74, 6) is -0.0595. The Kier molecular flexibility index (Phi) is 6.98. The summed E-state index contributed by atoms with van der Waals surface area (Å²) in [5, 5.41) is 5.62. The van der Waals surface area contributed by atoms with E-state index in [0.29, 0.717) is 38.2 Å². The van der Waals surface area contributed by atoms with E-state index in [-0.39, 0.29) is 24.3 Å². The van der Waals surface area contributed by atoms with Crippen molar-refractivity contribution >= 4 is 35.7 Å². The molecule has 0 bridgehead atoms. The lowest BCUT2D eigenvalue weighted by Gasteiger charge is -2.27. The van der Waals surface area contributed by atoms with E-state index in [0.717, 1.165) is 12.1 Å². The van der Waals surface area contributed by atoms with Crippen LogP contribution in [0, 0.1) is 0 Å². The van der Waals surface area contributed by atoms with Gasteiger partial charge in [-0.05, 0) is 37.6 Å². The fraction of sp³-hybridized carbons (Fsp3) is 0.429. The third kappa shape index (κ3) is 4.91. The molecule has 0 aliphatic carbocycles. The summed E-state index contributed by atoms with van der Waals surface area (Å²) in [4.78, 5) is 25.1. The molecule has 21 heavy (non-hydrogen) atoms. The van der Waals surface area contributed by atoms with Crippen LogP contribution >= 0.6 is 12.4 Å². The number of nitrogens with zero attached hydrogens (tertiary/aromatic N) is 1. The number of nitrogens with one attached hydrogen (secondary N) is 2. The third-order valence-electron chi connectivity index (χ3n) is 3.13. The van der Waals surface area contributed by atoms with E-state index in [1.54, 1.807) is 4.90 Å². The molecule has 1 aromatic carbocycles. The van der Waals surface area contributed by atoms with Crippen LogP contribution in [0.4, 0.5) is 16.2 Å². The first kappa shape index (κ1) is 17.3. The first-order chi connectivity index (χ1) is 9.70. The zero-order chi connectivity index (χ0) is 14.4. The molecule has 0 spiro atoms. The number of urea groups is 1. The lowest BCUT2D eigenvalue weighted by Crippen LogP contribution is -2.46. The van der Waals surface area contributed by atoms with Gasteiger partial charge in [0.25, 0.3) is 0 Å². The molecule has 4 N–H and O–H groups in total. The van der Waals surface area contributed by atoms with E-state index in [1.165, 1.54) is 0 Å². The number of hydrogen-bond acceptors (Lipinski definition) is 3. The lowest BCUT2D eigenvalue weighted by atomic mass is 10.2. The summed E-state index contributed by atoms with van der Waals surface area (Å²) in [6, 6.07) is 7.22. The number of amides is 3. The van der Waals surface area contributed by atoms with Crippen LogP contribution in [0.1, 0.15) is 19.3 Å². The van der Waals surface area contributed by atoms with Crippen LogP contribution in [0.3, 0.4) is 0 Å². The molecule has 0 radical (unpaired) electrons. The average molecular weight is 313 g/mol. The highest BCUT2D eigenvalue weighted by molar-refractivity contribution is 5.95. The van der Waals surface area contributed by atoms with Gasteiger partial charge in [0.2, 0.25) is 5.91 Å². The van der Waals surface area contributed by atoms with Crippen LogP contribution < -0.4 is 21.3 Å². The molecule has 0 saturated carbocycles. The maximum Gasteiger partial charge on any atom is 0.321 e. The number of rotatable bonds is 5. The zero-order valence-electron chi connectivity index (χ0n) is 11.8. The molecule has 0 unspecified atom stereocenters. The number of benzene rings is 1. The number of nitrogens with two attached hydrogens (primary N) is 1. The molecule has 1 heterocycles. The minimum Gasteiger partial charge on any atom is -0.338 e. The highest BCUT2D eigenvalue weighted by Gasteiger charge is 2.19. The van der Waals surface area contributed by atoms with Gasteiger partial charge < -0.3 is 16.4 Å². The predicted octanol–water partition coefficient (Wildman–Crippen LogP) is 1.71. The van der Waals surface area contributed by atoms with E-state index in [4.69, 9.17) is 5.73 Å². The molecule has 1 saturated heterocycles. The van der Waals surface area contributed by atoms with Crippen LogP contribution in [0.15, 0.2) is 24.3 Å². The Labute approximate surface area is 130 Å². The summed E-state index contributed by atoms with van der Waals surface area (Å²) in [7, 11) is 0. The van der Waals surface area contributed by atoms with Crippen molar-refractivity contribution in [1.29, 1.82) is 0 Å². The second kappa shape index (κ2) is 8.49. The highest BCUT2D eigenvalue weighted by Crippen LogP contribution is 2.21. The van der Waals surface area contributed by atoms with Crippen molar-refractivity contribution in [3.63, 3.8) is 0 Å². The molecular formula is C14H21ClN4O2. The average Bonchev–Trinajstić information content (AvgIpc) is 2.46. The van der Waals surface area contributed by atoms with Crippen LogP contribution in [0.5, 0.6) is 0 Å². The summed E-state index contributed by atoms with van der Waals surface area (Å²) >= 11 is 0. The molecular weight excluding hydrogens is 292 g/mol. The number of halogens is 1. The van der Waals surface area contributed by atoms with Gasteiger partial charge in [-0.1, -0.05) is 6.07 Å². The Bertz CT molecular complexity index is 496. The monoisotopic (exact) mass is 312 g/mol. The van der Waals surface area contributed by atoms with E-state index in [1.807, 2.05) is 24.3 Å². The van der Waals surface area contributed by atoms with Gasteiger partial charge in [0, 0.05) is 30.9 Å². The van der Waals surface area contributed by atoms with Crippen molar-refractivity contribution in [2.45, 2.75) is 19.3 Å². The van der Waals surface area contributed by atoms with Gasteiger partial charge in [-0.2, -0.15) is 0 Å². The Morgan fingerprint density at radius 1 is 1.43 bits per heavy atom. The molecule has 116 valence electrons. The van der Waals surface area contributed by atoms with Crippen LogP contribution in [-0.4, -0.2) is 31.6 Å². The van der Waals surface area contributed by atoms with Gasteiger partial charge in [0.1, 0.15) is 0 Å². The Morgan fingerprint density at radius 3 is 2.95 bits per heavy atom. The largest absolute Gasteiger partial charge is 0.338 e. The third-order valence-corrected chi connectivity index (χ3v) is 3.13. The summed E-state index contributed by atoms with van der Waals surface area (Å²) in [6.07, 6.45) is 1.99. The van der Waals surface area contributed by atoms with Gasteiger partial charge in [0.05, 0.1) is 0 Å². The summed E-state index contributed by atoms with van der Waals surface area (Å²) < 4.78 is 0. The van der Waals surface area contributed by atoms with E-state index in [9.17, 15) is 9.59 Å². The minimum atomic E-state index is -0.0946. The molecule has 0 aromatic heterocycles. The van der Waals surface area contributed by atoms with Gasteiger partial charge in [-0.15, -0.1) is 12.4 Å². The Morgan fingerprint density at radius 2 is 2.24 bits per heavy atom. The molecule has 1 fully saturated rings. The van der Waals surface area contributed by atoms with Gasteiger partial charge in [-0.25, -0.2) is 4.79 Å². The van der Waals surface area contributed by atoms with Gasteiger partial charge in [0.15, 0.2) is 0 Å². The van der Waals surface area contributed by atoms with E-state index < -0.39 is 0 Å². The molecule has 1 aliphatic rings. The fourth-order valence-corrected chi connectivity index (χ4v) is 2.11. The van der Waals surface area contributed by atoms with Crippen molar-refractivity contribution in [2.24, 2.45) is 5.73 Å². The first-order valence-electron chi connectivity index (χ1n) is 6.86. The molecule has 2 rings (SSSR count). The minimum absolute atomic E-state index is 0. The zero-order valence-corrected chi connectivity index (χ0v) is 12.6. The lowest BCUT2D eigenvalue weighted by molar-refractivity contribution is -0.116. The van der Waals surface area contributed by atoms with E-state index in [2.05, 4.69) is 10.6 Å². The quantitative estimate of drug-likeness (QED) is 0.773. The van der Waals surface area contributed by atoms with Gasteiger partial charge >= 0.3 is 6.03 Å². The fourth-order valence-electron chi connectivity index (χ4n) is 2.11. The number of hydrogen-bond donors (Lipinski definition) is 3. The van der Waals surface area contributed by atoms with Crippen molar-refractivity contribution in [1.82, 2.24) is 5.32 Å². The van der Waals surface area contributed by atoms with Crippen LogP contribution in [0.2, 0.25) is 0 Å². The first-order valence-corrected chi connectivity index (χ1v) is 6.86. The normalized spacial score (nSPS) is 14.1. The molecule has 3 amide bonds. The topological polar surface area (TPSA) is 87.5 Å². The highest BCUT2D eigenvalue weighted by atomic mass is 35.5. The predicted molar refractivity (Wildman–Crippen MR) is 86.0 cm³/mol. The molecule has 1 aliphatic heterocycles. The van der Waals surface area contributed by atoms with E-state index >= 15 is 0 Å². The summed E-state index contributed by atoms with van der Waals surface area (Å²) in [5.41, 5.74) is 6.86. The molecule has 0 atom stereocenters. The molecule has 6 nitrogen and oxygen atoms in total. The van der Waals surface area contributed by atoms with Crippen LogP contribution in [-0.2, 0) is 4.79 Å². The van der Waals surface area contributed by atoms with Crippen molar-refractivity contribution in [3.05, 3.63) is 24.3 Å². The standard InChI is InChI=1S/C14H20N4O2.ClH/c15-7-2-6-13(19)17-11-4-1-5-12(10-11)18-9-3-8-16-14(18)20;/h1,4-5,10H,2-3,6-9,15H2,(H,16,20)(H,17,19);1H. The van der Waals surface area contributed by atoms with Crippen molar-refractivity contribution in [2.75, 3.05) is 29.9 Å². The number of carbonyl (C=O) groups excluding carboxylic acids is 2.